The molecule has 0 atom stereocenters. The molecule has 27 heavy (non-hydrogen) atoms. The molecule has 0 aliphatic heterocycles. The summed E-state index contributed by atoms with van der Waals surface area (Å²) in [5.74, 6) is 0. The summed E-state index contributed by atoms with van der Waals surface area (Å²) in [7, 11) is 0. The Morgan fingerprint density at radius 2 is 1.52 bits per heavy atom. The van der Waals surface area contributed by atoms with Crippen LogP contribution in [0.1, 0.15) is 66.2 Å². The van der Waals surface area contributed by atoms with E-state index in [1.165, 1.54) is 47.6 Å². The third-order valence-corrected chi connectivity index (χ3v) is 5.01. The molecule has 0 saturated heterocycles. The van der Waals surface area contributed by atoms with Gasteiger partial charge in [-0.15, -0.1) is 0 Å². The lowest BCUT2D eigenvalue weighted by Gasteiger charge is -2.02. The Labute approximate surface area is 166 Å². The van der Waals surface area contributed by atoms with Crippen LogP contribution in [0.3, 0.4) is 0 Å². The average molecular weight is 363 g/mol. The fourth-order valence-corrected chi connectivity index (χ4v) is 3.24. The molecule has 0 bridgehead atoms. The third kappa shape index (κ3) is 8.39. The van der Waals surface area contributed by atoms with E-state index in [0.29, 0.717) is 0 Å². The van der Waals surface area contributed by atoms with Gasteiger partial charge in [-0.3, -0.25) is 0 Å². The lowest BCUT2D eigenvalue weighted by molar-refractivity contribution is -0.685. The Morgan fingerprint density at radius 1 is 0.778 bits per heavy atom. The number of pyridine rings is 1. The van der Waals surface area contributed by atoms with E-state index < -0.39 is 0 Å². The molecule has 0 aliphatic rings. The van der Waals surface area contributed by atoms with Crippen molar-refractivity contribution in [2.75, 3.05) is 0 Å². The first-order valence-electron chi connectivity index (χ1n) is 10.4. The Morgan fingerprint density at radius 3 is 2.30 bits per heavy atom. The standard InChI is InChI=1S/C26H36N/c1-22(2)11-6-5-7-12-23(3)13-10-14-24(4)17-19-27-20-18-25-15-8-9-16-26(25)21-27/h8-9,11,13,15-18,20-21H,5-7,10,12,14,19H2,1-4H3/q+1/b23-13+,24-17+. The van der Waals surface area contributed by atoms with Gasteiger partial charge in [0, 0.05) is 11.5 Å². The van der Waals surface area contributed by atoms with Crippen molar-refractivity contribution in [3.05, 3.63) is 77.7 Å². The van der Waals surface area contributed by atoms with Crippen LogP contribution in [-0.4, -0.2) is 0 Å². The van der Waals surface area contributed by atoms with E-state index in [0.717, 1.165) is 19.4 Å². The van der Waals surface area contributed by atoms with Crippen molar-refractivity contribution >= 4 is 10.8 Å². The molecule has 0 unspecified atom stereocenters. The molecule has 0 fully saturated rings. The van der Waals surface area contributed by atoms with Crippen molar-refractivity contribution < 1.29 is 4.57 Å². The number of aromatic nitrogens is 1. The van der Waals surface area contributed by atoms with E-state index in [1.807, 2.05) is 0 Å². The zero-order valence-electron chi connectivity index (χ0n) is 17.7. The predicted octanol–water partition coefficient (Wildman–Crippen LogP) is 7.33. The lowest BCUT2D eigenvalue weighted by Crippen LogP contribution is -2.31. The Kier molecular flexibility index (Phi) is 9.04. The summed E-state index contributed by atoms with van der Waals surface area (Å²) in [4.78, 5) is 0. The zero-order chi connectivity index (χ0) is 19.5. The van der Waals surface area contributed by atoms with Crippen LogP contribution in [0, 0.1) is 0 Å². The second kappa shape index (κ2) is 11.5. The highest BCUT2D eigenvalue weighted by molar-refractivity contribution is 5.80. The summed E-state index contributed by atoms with van der Waals surface area (Å²) in [5, 5.41) is 2.60. The van der Waals surface area contributed by atoms with Crippen molar-refractivity contribution in [3.63, 3.8) is 0 Å². The highest BCUT2D eigenvalue weighted by Gasteiger charge is 2.01. The zero-order valence-corrected chi connectivity index (χ0v) is 17.7. The Bertz CT molecular complexity index is 804. The van der Waals surface area contributed by atoms with Crippen molar-refractivity contribution in [3.8, 4) is 0 Å². The molecule has 1 aromatic carbocycles. The second-order valence-electron chi connectivity index (χ2n) is 7.94. The van der Waals surface area contributed by atoms with E-state index in [2.05, 4.69) is 93.2 Å². The van der Waals surface area contributed by atoms with Gasteiger partial charge in [0.05, 0.1) is 0 Å². The number of hydrogen-bond donors (Lipinski definition) is 0. The molecule has 1 heterocycles. The fourth-order valence-electron chi connectivity index (χ4n) is 3.24. The lowest BCUT2D eigenvalue weighted by atomic mass is 10.0. The fraction of sp³-hybridized carbons (Fsp3) is 0.423. The van der Waals surface area contributed by atoms with Crippen LogP contribution in [0.25, 0.3) is 10.8 Å². The maximum atomic E-state index is 2.43. The number of unbranched alkanes of at least 4 members (excludes halogenated alkanes) is 2. The molecule has 1 heteroatoms. The number of fused-ring (bicyclic) bond motifs is 1. The summed E-state index contributed by atoms with van der Waals surface area (Å²) in [6, 6.07) is 10.7. The van der Waals surface area contributed by atoms with Crippen LogP contribution in [0.15, 0.2) is 77.7 Å². The summed E-state index contributed by atoms with van der Waals surface area (Å²) in [6.45, 7) is 9.85. The normalized spacial score (nSPS) is 12.4. The first-order chi connectivity index (χ1) is 13.0. The maximum Gasteiger partial charge on any atom is 0.176 e. The predicted molar refractivity (Wildman–Crippen MR) is 119 cm³/mol. The first-order valence-corrected chi connectivity index (χ1v) is 10.4. The number of benzene rings is 1. The highest BCUT2D eigenvalue weighted by atomic mass is 14.9. The molecule has 0 amide bonds. The van der Waals surface area contributed by atoms with Crippen molar-refractivity contribution in [2.45, 2.75) is 72.8 Å². The van der Waals surface area contributed by atoms with Gasteiger partial charge < -0.3 is 0 Å². The van der Waals surface area contributed by atoms with Gasteiger partial charge in [-0.1, -0.05) is 47.1 Å². The van der Waals surface area contributed by atoms with Gasteiger partial charge >= 0.3 is 0 Å². The average Bonchev–Trinajstić information content (AvgIpc) is 2.65. The van der Waals surface area contributed by atoms with Crippen molar-refractivity contribution in [2.24, 2.45) is 0 Å². The topological polar surface area (TPSA) is 3.88 Å². The van der Waals surface area contributed by atoms with Gasteiger partial charge in [0.2, 0.25) is 0 Å². The molecular weight excluding hydrogens is 326 g/mol. The van der Waals surface area contributed by atoms with Crippen LogP contribution >= 0.6 is 0 Å². The summed E-state index contributed by atoms with van der Waals surface area (Å²) in [5.41, 5.74) is 4.46. The molecule has 2 aromatic rings. The molecule has 0 spiro atoms. The quantitative estimate of drug-likeness (QED) is 0.237. The van der Waals surface area contributed by atoms with Gasteiger partial charge in [0.1, 0.15) is 0 Å². The molecule has 0 N–H and O–H groups in total. The van der Waals surface area contributed by atoms with E-state index in [4.69, 9.17) is 0 Å². The molecule has 0 saturated carbocycles. The molecule has 2 rings (SSSR count). The van der Waals surface area contributed by atoms with Gasteiger partial charge in [0.25, 0.3) is 0 Å². The molecule has 1 aromatic heterocycles. The van der Waals surface area contributed by atoms with Crippen molar-refractivity contribution in [1.82, 2.24) is 0 Å². The van der Waals surface area contributed by atoms with Gasteiger partial charge in [0.15, 0.2) is 18.9 Å². The van der Waals surface area contributed by atoms with Crippen LogP contribution in [-0.2, 0) is 6.54 Å². The Hall–Kier alpha value is -2.15. The Balaban J connectivity index is 1.72. The smallest absolute Gasteiger partial charge is 0.176 e. The molecule has 144 valence electrons. The number of rotatable bonds is 10. The minimum absolute atomic E-state index is 0.948. The third-order valence-electron chi connectivity index (χ3n) is 5.01. The van der Waals surface area contributed by atoms with Crippen LogP contribution in [0.5, 0.6) is 0 Å². The van der Waals surface area contributed by atoms with Crippen molar-refractivity contribution in [1.29, 1.82) is 0 Å². The van der Waals surface area contributed by atoms with E-state index in [1.54, 1.807) is 5.57 Å². The molecule has 1 nitrogen and oxygen atoms in total. The number of nitrogens with zero attached hydrogens (tertiary/aromatic N) is 1. The first kappa shape index (κ1) is 21.2. The monoisotopic (exact) mass is 362 g/mol. The van der Waals surface area contributed by atoms with Crippen LogP contribution in [0.4, 0.5) is 0 Å². The van der Waals surface area contributed by atoms with Gasteiger partial charge in [-0.05, 0) is 83.7 Å². The van der Waals surface area contributed by atoms with E-state index in [-0.39, 0.29) is 0 Å². The molecule has 0 aliphatic carbocycles. The second-order valence-corrected chi connectivity index (χ2v) is 7.94. The minimum Gasteiger partial charge on any atom is -0.201 e. The number of hydrogen-bond acceptors (Lipinski definition) is 0. The highest BCUT2D eigenvalue weighted by Crippen LogP contribution is 2.13. The molecular formula is C26H36N+. The van der Waals surface area contributed by atoms with Gasteiger partial charge in [-0.2, -0.15) is 0 Å². The SMILES string of the molecule is CC(C)=CCCCC/C(C)=C/CC/C(C)=C/C[n+]1ccc2ccccc2c1. The summed E-state index contributed by atoms with van der Waals surface area (Å²) >= 11 is 0. The van der Waals surface area contributed by atoms with E-state index in [9.17, 15) is 0 Å². The van der Waals surface area contributed by atoms with E-state index >= 15 is 0 Å². The number of allylic oxidation sites excluding steroid dienone is 6. The van der Waals surface area contributed by atoms with Crippen LogP contribution in [0.2, 0.25) is 0 Å². The largest absolute Gasteiger partial charge is 0.201 e. The summed E-state index contributed by atoms with van der Waals surface area (Å²) in [6.07, 6.45) is 18.9. The summed E-state index contributed by atoms with van der Waals surface area (Å²) < 4.78 is 2.26. The van der Waals surface area contributed by atoms with Crippen LogP contribution < -0.4 is 4.57 Å². The van der Waals surface area contributed by atoms with Gasteiger partial charge in [-0.25, -0.2) is 4.57 Å². The molecule has 0 radical (unpaired) electrons. The maximum absolute atomic E-state index is 2.43. The minimum atomic E-state index is 0.948.